The molecule has 0 saturated heterocycles. The summed E-state index contributed by atoms with van der Waals surface area (Å²) < 4.78 is 18.9. The summed E-state index contributed by atoms with van der Waals surface area (Å²) in [5.41, 5.74) is 0.380. The third kappa shape index (κ3) is 4.51. The quantitative estimate of drug-likeness (QED) is 0.550. The lowest BCUT2D eigenvalue weighted by Crippen LogP contribution is -2.54. The van der Waals surface area contributed by atoms with E-state index in [2.05, 4.69) is 31.0 Å². The molecule has 198 valence electrons. The second-order valence-electron chi connectivity index (χ2n) is 12.3. The Morgan fingerprint density at radius 3 is 2.67 bits per heavy atom. The number of carbonyl (C=O) groups is 1. The third-order valence-corrected chi connectivity index (χ3v) is 10.5. The number of ether oxygens (including phenoxy) is 1. The Hall–Kier alpha value is -1.86. The highest BCUT2D eigenvalue weighted by Gasteiger charge is 2.55. The van der Waals surface area contributed by atoms with Gasteiger partial charge in [0.2, 0.25) is 0 Å². The summed E-state index contributed by atoms with van der Waals surface area (Å²) >= 11 is 0. The zero-order valence-corrected chi connectivity index (χ0v) is 22.3. The van der Waals surface area contributed by atoms with Crippen molar-refractivity contribution in [2.75, 3.05) is 13.7 Å². The van der Waals surface area contributed by atoms with E-state index in [1.54, 1.807) is 13.2 Å². The first-order valence-electron chi connectivity index (χ1n) is 13.9. The number of rotatable bonds is 7. The molecule has 1 aromatic heterocycles. The Balaban J connectivity index is 1.30. The molecule has 36 heavy (non-hydrogen) atoms. The maximum atomic E-state index is 13.6. The molecule has 7 heteroatoms. The van der Waals surface area contributed by atoms with Gasteiger partial charge in [-0.1, -0.05) is 27.2 Å². The van der Waals surface area contributed by atoms with E-state index < -0.39 is 5.60 Å². The molecule has 3 saturated carbocycles. The van der Waals surface area contributed by atoms with Gasteiger partial charge in [-0.05, 0) is 92.1 Å². The molecule has 1 heterocycles. The summed E-state index contributed by atoms with van der Waals surface area (Å²) in [5, 5.41) is 19.8. The molecular formula is C29H42FN3O3. The van der Waals surface area contributed by atoms with Crippen molar-refractivity contribution in [3.05, 3.63) is 24.0 Å². The van der Waals surface area contributed by atoms with Crippen LogP contribution < -0.4 is 0 Å². The van der Waals surface area contributed by atoms with E-state index in [1.165, 1.54) is 36.2 Å². The summed E-state index contributed by atoms with van der Waals surface area (Å²) in [5.74, 6) is 2.85. The highest BCUT2D eigenvalue weighted by Crippen LogP contribution is 2.61. The summed E-state index contributed by atoms with van der Waals surface area (Å²) in [6.45, 7) is 7.30. The van der Waals surface area contributed by atoms with E-state index in [4.69, 9.17) is 4.74 Å². The number of ketones is 1. The SMILES string of the molecule is CC[C@H]1[C@@H]2CC[C@H]3C[C@@](O)(COC)CC[C@@H]3[C@H]2CC[C@]1(C)[C@H](C)C(=O)Cn1nc2ccc(F)cc2n1. The molecule has 3 aliphatic carbocycles. The standard InChI is InChI=1S/C29H42FN3O3/c1-5-24-23-8-6-19-15-29(35,17-36-4)13-11-21(19)22(23)10-12-28(24,3)18(2)27(34)16-33-31-25-9-7-20(30)14-26(25)32-33/h7,9,14,18-19,21-24,35H,5-6,8,10-13,15-17H2,1-4H3/t18-,19+,21+,22-,23-,24+,28-,29-/m1/s1. The fourth-order valence-electron chi connectivity index (χ4n) is 8.66. The van der Waals surface area contributed by atoms with Gasteiger partial charge in [0.05, 0.1) is 12.2 Å². The van der Waals surface area contributed by atoms with Crippen molar-refractivity contribution in [2.45, 2.75) is 84.3 Å². The Morgan fingerprint density at radius 2 is 1.92 bits per heavy atom. The van der Waals surface area contributed by atoms with Crippen LogP contribution >= 0.6 is 0 Å². The number of aliphatic hydroxyl groups is 1. The average Bonchev–Trinajstić information content (AvgIpc) is 3.24. The monoisotopic (exact) mass is 499 g/mol. The molecular weight excluding hydrogens is 457 g/mol. The number of aromatic nitrogens is 3. The highest BCUT2D eigenvalue weighted by atomic mass is 19.1. The lowest BCUT2D eigenvalue weighted by molar-refractivity contribution is -0.144. The van der Waals surface area contributed by atoms with E-state index >= 15 is 0 Å². The van der Waals surface area contributed by atoms with Crippen molar-refractivity contribution < 1.29 is 19.0 Å². The molecule has 0 amide bonds. The van der Waals surface area contributed by atoms with Gasteiger partial charge in [0.25, 0.3) is 0 Å². The van der Waals surface area contributed by atoms with Gasteiger partial charge in [-0.2, -0.15) is 15.0 Å². The number of Topliss-reactive ketones (excluding diaryl/α,β-unsaturated/α-hetero) is 1. The zero-order valence-electron chi connectivity index (χ0n) is 22.3. The van der Waals surface area contributed by atoms with Crippen LogP contribution in [0.1, 0.15) is 72.1 Å². The molecule has 1 N–H and O–H groups in total. The minimum Gasteiger partial charge on any atom is -0.387 e. The van der Waals surface area contributed by atoms with Gasteiger partial charge in [0, 0.05) is 19.1 Å². The molecule has 3 aliphatic rings. The van der Waals surface area contributed by atoms with Crippen LogP contribution in [0.15, 0.2) is 18.2 Å². The number of benzene rings is 1. The molecule has 0 radical (unpaired) electrons. The summed E-state index contributed by atoms with van der Waals surface area (Å²) in [7, 11) is 1.68. The smallest absolute Gasteiger partial charge is 0.159 e. The molecule has 1 aromatic carbocycles. The number of halogens is 1. The van der Waals surface area contributed by atoms with Gasteiger partial charge in [-0.15, -0.1) is 0 Å². The van der Waals surface area contributed by atoms with Crippen molar-refractivity contribution in [2.24, 2.45) is 40.9 Å². The summed E-state index contributed by atoms with van der Waals surface area (Å²) in [6, 6.07) is 4.34. The molecule has 8 atom stereocenters. The maximum Gasteiger partial charge on any atom is 0.159 e. The van der Waals surface area contributed by atoms with Crippen LogP contribution in [-0.2, 0) is 16.1 Å². The molecule has 0 bridgehead atoms. The second-order valence-corrected chi connectivity index (χ2v) is 12.3. The van der Waals surface area contributed by atoms with Crippen molar-refractivity contribution in [3.8, 4) is 0 Å². The Bertz CT molecular complexity index is 1100. The van der Waals surface area contributed by atoms with Crippen LogP contribution in [0, 0.1) is 46.7 Å². The van der Waals surface area contributed by atoms with E-state index in [0.717, 1.165) is 32.1 Å². The fraction of sp³-hybridized carbons (Fsp3) is 0.759. The lowest BCUT2D eigenvalue weighted by atomic mass is 9.46. The van der Waals surface area contributed by atoms with E-state index in [1.807, 2.05) is 0 Å². The third-order valence-electron chi connectivity index (χ3n) is 10.5. The van der Waals surface area contributed by atoms with Crippen molar-refractivity contribution >= 4 is 16.8 Å². The van der Waals surface area contributed by atoms with Crippen molar-refractivity contribution in [1.82, 2.24) is 15.0 Å². The Kier molecular flexibility index (Phi) is 7.01. The van der Waals surface area contributed by atoms with Crippen LogP contribution in [0.4, 0.5) is 4.39 Å². The molecule has 2 aromatic rings. The van der Waals surface area contributed by atoms with E-state index in [0.29, 0.717) is 47.2 Å². The molecule has 5 rings (SSSR count). The van der Waals surface area contributed by atoms with Crippen LogP contribution in [0.3, 0.4) is 0 Å². The normalized spacial score (nSPS) is 37.3. The van der Waals surface area contributed by atoms with Gasteiger partial charge < -0.3 is 9.84 Å². The molecule has 0 unspecified atom stereocenters. The van der Waals surface area contributed by atoms with Gasteiger partial charge in [0.1, 0.15) is 23.4 Å². The first kappa shape index (κ1) is 25.8. The molecule has 3 fully saturated rings. The fourth-order valence-corrected chi connectivity index (χ4v) is 8.66. The Labute approximate surface area is 214 Å². The Morgan fingerprint density at radius 1 is 1.17 bits per heavy atom. The molecule has 6 nitrogen and oxygen atoms in total. The minimum atomic E-state index is -0.659. The van der Waals surface area contributed by atoms with Gasteiger partial charge in [-0.25, -0.2) is 4.39 Å². The van der Waals surface area contributed by atoms with Gasteiger partial charge >= 0.3 is 0 Å². The van der Waals surface area contributed by atoms with Gasteiger partial charge in [0.15, 0.2) is 5.78 Å². The molecule has 0 spiro atoms. The highest BCUT2D eigenvalue weighted by molar-refractivity contribution is 5.81. The number of fused-ring (bicyclic) bond motifs is 4. The summed E-state index contributed by atoms with van der Waals surface area (Å²) in [6.07, 6.45) is 8.48. The van der Waals surface area contributed by atoms with Crippen LogP contribution in [0.2, 0.25) is 0 Å². The van der Waals surface area contributed by atoms with Crippen LogP contribution in [-0.4, -0.2) is 45.2 Å². The minimum absolute atomic E-state index is 0.0516. The number of hydrogen-bond donors (Lipinski definition) is 1. The largest absolute Gasteiger partial charge is 0.387 e. The number of methoxy groups -OCH3 is 1. The second kappa shape index (κ2) is 9.79. The average molecular weight is 500 g/mol. The van der Waals surface area contributed by atoms with Crippen LogP contribution in [0.25, 0.3) is 11.0 Å². The van der Waals surface area contributed by atoms with Gasteiger partial charge in [-0.3, -0.25) is 4.79 Å². The first-order valence-corrected chi connectivity index (χ1v) is 13.9. The molecule has 0 aliphatic heterocycles. The van der Waals surface area contributed by atoms with Crippen molar-refractivity contribution in [1.29, 1.82) is 0 Å². The zero-order chi connectivity index (χ0) is 25.7. The predicted molar refractivity (Wildman–Crippen MR) is 137 cm³/mol. The van der Waals surface area contributed by atoms with E-state index in [9.17, 15) is 14.3 Å². The summed E-state index contributed by atoms with van der Waals surface area (Å²) in [4.78, 5) is 15.0. The van der Waals surface area contributed by atoms with E-state index in [-0.39, 0.29) is 29.5 Å². The van der Waals surface area contributed by atoms with Crippen LogP contribution in [0.5, 0.6) is 0 Å². The number of hydrogen-bond acceptors (Lipinski definition) is 5. The maximum absolute atomic E-state index is 13.6. The lowest BCUT2D eigenvalue weighted by Gasteiger charge is -2.59. The predicted octanol–water partition coefficient (Wildman–Crippen LogP) is 5.42. The number of carbonyl (C=O) groups excluding carboxylic acids is 1. The number of nitrogens with zero attached hydrogens (tertiary/aromatic N) is 3. The van der Waals surface area contributed by atoms with Crippen molar-refractivity contribution in [3.63, 3.8) is 0 Å². The first-order chi connectivity index (χ1) is 17.2. The topological polar surface area (TPSA) is 77.2 Å².